The minimum atomic E-state index is 0.902. The second-order valence-electron chi connectivity index (χ2n) is 16.5. The van der Waals surface area contributed by atoms with Crippen LogP contribution in [0.25, 0.3) is 99.1 Å². The van der Waals surface area contributed by atoms with E-state index in [1.807, 2.05) is 12.1 Å². The van der Waals surface area contributed by atoms with Crippen LogP contribution in [0.15, 0.2) is 253 Å². The number of hydrogen-bond donors (Lipinski definition) is 0. The van der Waals surface area contributed by atoms with Crippen molar-refractivity contribution in [3.8, 4) is 55.6 Å². The maximum absolute atomic E-state index is 6.45. The zero-order valence-electron chi connectivity index (χ0n) is 35.0. The molecule has 64 heavy (non-hydrogen) atoms. The normalized spacial score (nSPS) is 11.4. The number of fused-ring (bicyclic) bond motifs is 5. The van der Waals surface area contributed by atoms with Gasteiger partial charge in [-0.25, -0.2) is 0 Å². The summed E-state index contributed by atoms with van der Waals surface area (Å²) in [5, 5.41) is 7.27. The Labute approximate surface area is 372 Å². The van der Waals surface area contributed by atoms with Crippen LogP contribution in [0, 0.1) is 0 Å². The zero-order chi connectivity index (χ0) is 42.4. The van der Waals surface area contributed by atoms with E-state index in [1.54, 1.807) is 0 Å². The third kappa shape index (κ3) is 6.70. The average molecular weight is 816 g/mol. The number of hydrogen-bond acceptors (Lipinski definition) is 2. The summed E-state index contributed by atoms with van der Waals surface area (Å²) in [6.45, 7) is 0. The van der Waals surface area contributed by atoms with E-state index in [2.05, 4.69) is 241 Å². The highest BCUT2D eigenvalue weighted by Gasteiger charge is 2.19. The summed E-state index contributed by atoms with van der Waals surface area (Å²) in [5.74, 6) is 0. The van der Waals surface area contributed by atoms with Crippen molar-refractivity contribution in [1.82, 2.24) is 0 Å². The van der Waals surface area contributed by atoms with E-state index in [0.717, 1.165) is 61.3 Å². The summed E-state index contributed by atoms with van der Waals surface area (Å²) in [4.78, 5) is 2.38. The molecule has 12 aromatic rings. The summed E-state index contributed by atoms with van der Waals surface area (Å²) in [5.41, 5.74) is 16.8. The third-order valence-electron chi connectivity index (χ3n) is 12.7. The Balaban J connectivity index is 0.912. The molecular formula is C62H41NO. The highest BCUT2D eigenvalue weighted by Crippen LogP contribution is 2.43. The Morgan fingerprint density at radius 2 is 0.719 bits per heavy atom. The van der Waals surface area contributed by atoms with Gasteiger partial charge in [0.15, 0.2) is 0 Å². The predicted molar refractivity (Wildman–Crippen MR) is 271 cm³/mol. The molecule has 0 unspecified atom stereocenters. The van der Waals surface area contributed by atoms with Crippen LogP contribution in [0.4, 0.5) is 17.1 Å². The molecule has 0 aliphatic carbocycles. The molecule has 1 heterocycles. The van der Waals surface area contributed by atoms with E-state index in [4.69, 9.17) is 4.42 Å². The van der Waals surface area contributed by atoms with Gasteiger partial charge in [-0.05, 0) is 109 Å². The topological polar surface area (TPSA) is 16.4 Å². The molecule has 0 aliphatic rings. The molecule has 0 saturated carbocycles. The molecule has 0 aliphatic heterocycles. The minimum absolute atomic E-state index is 0.902. The van der Waals surface area contributed by atoms with Gasteiger partial charge in [0.25, 0.3) is 0 Å². The molecule has 0 radical (unpaired) electrons. The number of para-hydroxylation sites is 3. The number of furan rings is 1. The van der Waals surface area contributed by atoms with E-state index in [-0.39, 0.29) is 0 Å². The summed E-state index contributed by atoms with van der Waals surface area (Å²) in [6, 6.07) is 89.6. The molecule has 0 atom stereocenters. The van der Waals surface area contributed by atoms with Crippen molar-refractivity contribution in [3.05, 3.63) is 249 Å². The largest absolute Gasteiger partial charge is 0.455 e. The van der Waals surface area contributed by atoms with E-state index in [0.29, 0.717) is 0 Å². The average Bonchev–Trinajstić information content (AvgIpc) is 3.76. The zero-order valence-corrected chi connectivity index (χ0v) is 35.0. The fraction of sp³-hybridized carbons (Fsp3) is 0. The second-order valence-corrected chi connectivity index (χ2v) is 16.5. The predicted octanol–water partition coefficient (Wildman–Crippen LogP) is 17.7. The van der Waals surface area contributed by atoms with Gasteiger partial charge in [-0.3, -0.25) is 0 Å². The van der Waals surface area contributed by atoms with Crippen molar-refractivity contribution < 1.29 is 4.42 Å². The van der Waals surface area contributed by atoms with Crippen LogP contribution in [0.5, 0.6) is 0 Å². The lowest BCUT2D eigenvalue weighted by molar-refractivity contribution is 0.670. The Hall–Kier alpha value is -8.46. The molecule has 2 heteroatoms. The van der Waals surface area contributed by atoms with Crippen LogP contribution in [0.2, 0.25) is 0 Å². The number of benzene rings is 11. The molecule has 0 N–H and O–H groups in total. The Morgan fingerprint density at radius 3 is 1.47 bits per heavy atom. The molecule has 0 bridgehead atoms. The summed E-state index contributed by atoms with van der Waals surface area (Å²) >= 11 is 0. The molecule has 12 rings (SSSR count). The molecule has 2 nitrogen and oxygen atoms in total. The smallest absolute Gasteiger partial charge is 0.143 e. The fourth-order valence-corrected chi connectivity index (χ4v) is 9.44. The van der Waals surface area contributed by atoms with Gasteiger partial charge in [-0.1, -0.05) is 206 Å². The highest BCUT2D eigenvalue weighted by atomic mass is 16.3. The van der Waals surface area contributed by atoms with Crippen molar-refractivity contribution in [3.63, 3.8) is 0 Å². The number of anilines is 3. The third-order valence-corrected chi connectivity index (χ3v) is 12.7. The first-order valence-electron chi connectivity index (χ1n) is 21.9. The second kappa shape index (κ2) is 15.8. The molecule has 11 aromatic carbocycles. The first-order chi connectivity index (χ1) is 31.7. The summed E-state index contributed by atoms with van der Waals surface area (Å²) in [6.07, 6.45) is 0. The van der Waals surface area contributed by atoms with E-state index in [1.165, 1.54) is 54.9 Å². The minimum Gasteiger partial charge on any atom is -0.455 e. The lowest BCUT2D eigenvalue weighted by atomic mass is 9.95. The van der Waals surface area contributed by atoms with Crippen LogP contribution in [0.1, 0.15) is 0 Å². The number of nitrogens with zero attached hydrogens (tertiary/aromatic N) is 1. The van der Waals surface area contributed by atoms with Crippen LogP contribution in [0.3, 0.4) is 0 Å². The fourth-order valence-electron chi connectivity index (χ4n) is 9.44. The lowest BCUT2D eigenvalue weighted by Crippen LogP contribution is -2.11. The molecular weight excluding hydrogens is 775 g/mol. The Bertz CT molecular complexity index is 3630. The molecule has 0 amide bonds. The van der Waals surface area contributed by atoms with Crippen LogP contribution >= 0.6 is 0 Å². The Kier molecular flexibility index (Phi) is 9.20. The van der Waals surface area contributed by atoms with Crippen molar-refractivity contribution in [1.29, 1.82) is 0 Å². The lowest BCUT2D eigenvalue weighted by Gasteiger charge is -2.28. The number of rotatable bonds is 8. The van der Waals surface area contributed by atoms with Gasteiger partial charge in [0.2, 0.25) is 0 Å². The maximum atomic E-state index is 6.45. The van der Waals surface area contributed by atoms with Crippen molar-refractivity contribution in [2.75, 3.05) is 4.90 Å². The maximum Gasteiger partial charge on any atom is 0.143 e. The first kappa shape index (κ1) is 37.3. The Morgan fingerprint density at radius 1 is 0.266 bits per heavy atom. The standard InChI is InChI=1S/C62H41NO/c1-2-13-50-41-51(32-27-42(50)11-1)45-33-37-52(38-34-45)63(53-39-35-49(36-40-53)57-19-10-20-59-58-17-6-8-22-61(58)64-62(57)59)60-21-7-5-16-56(60)48-30-25-44(26-31-48)43-23-28-47(29-24-43)55-18-9-14-46-12-3-4-15-54(46)55/h1-41H. The van der Waals surface area contributed by atoms with Gasteiger partial charge in [0.05, 0.1) is 5.69 Å². The van der Waals surface area contributed by atoms with E-state index >= 15 is 0 Å². The molecule has 0 spiro atoms. The molecule has 300 valence electrons. The van der Waals surface area contributed by atoms with Crippen LogP contribution in [-0.4, -0.2) is 0 Å². The summed E-state index contributed by atoms with van der Waals surface area (Å²) in [7, 11) is 0. The van der Waals surface area contributed by atoms with Gasteiger partial charge in [0.1, 0.15) is 11.2 Å². The van der Waals surface area contributed by atoms with Gasteiger partial charge in [-0.15, -0.1) is 0 Å². The quantitative estimate of drug-likeness (QED) is 0.152. The van der Waals surface area contributed by atoms with Gasteiger partial charge >= 0.3 is 0 Å². The molecule has 0 fully saturated rings. The van der Waals surface area contributed by atoms with Crippen molar-refractivity contribution in [2.24, 2.45) is 0 Å². The monoisotopic (exact) mass is 815 g/mol. The highest BCUT2D eigenvalue weighted by molar-refractivity contribution is 6.09. The molecule has 1 aromatic heterocycles. The van der Waals surface area contributed by atoms with Crippen molar-refractivity contribution in [2.45, 2.75) is 0 Å². The van der Waals surface area contributed by atoms with E-state index < -0.39 is 0 Å². The SMILES string of the molecule is c1ccc(N(c2ccc(-c3ccc4ccccc4c3)cc2)c2ccc(-c3cccc4c3oc3ccccc34)cc2)c(-c2ccc(-c3ccc(-c4cccc5ccccc45)cc3)cc2)c1. The first-order valence-corrected chi connectivity index (χ1v) is 21.9. The van der Waals surface area contributed by atoms with Crippen LogP contribution < -0.4 is 4.90 Å². The summed E-state index contributed by atoms with van der Waals surface area (Å²) < 4.78 is 6.45. The van der Waals surface area contributed by atoms with E-state index in [9.17, 15) is 0 Å². The van der Waals surface area contributed by atoms with Crippen molar-refractivity contribution >= 4 is 60.5 Å². The van der Waals surface area contributed by atoms with Crippen LogP contribution in [-0.2, 0) is 0 Å². The van der Waals surface area contributed by atoms with Gasteiger partial charge in [-0.2, -0.15) is 0 Å². The van der Waals surface area contributed by atoms with Gasteiger partial charge < -0.3 is 9.32 Å². The molecule has 0 saturated heterocycles. The van der Waals surface area contributed by atoms with Gasteiger partial charge in [0, 0.05) is 33.3 Å².